The first kappa shape index (κ1) is 83.8. The van der Waals surface area contributed by atoms with E-state index in [0.717, 1.165) is 184 Å². The second kappa shape index (κ2) is 44.5. The number of hydrogen-bond donors (Lipinski definition) is 2. The van der Waals surface area contributed by atoms with Crippen molar-refractivity contribution in [2.75, 3.05) is 145 Å². The molecule has 5 aromatic carbocycles. The number of benzene rings is 5. The number of nitrogens with zero attached hydrogens (tertiary/aromatic N) is 3. The number of quaternary nitrogens is 2. The summed E-state index contributed by atoms with van der Waals surface area (Å²) < 4.78 is 44.3. The van der Waals surface area contributed by atoms with Crippen LogP contribution in [0.4, 0.5) is 17.1 Å². The molecular formula is C76H113KN5O10V-. The van der Waals surface area contributed by atoms with Gasteiger partial charge in [0.05, 0.1) is 79.3 Å². The zero-order valence-corrected chi connectivity index (χ0v) is 64.2. The van der Waals surface area contributed by atoms with Crippen LogP contribution in [0.15, 0.2) is 78.9 Å². The van der Waals surface area contributed by atoms with Crippen LogP contribution in [0.3, 0.4) is 0 Å². The predicted molar refractivity (Wildman–Crippen MR) is 364 cm³/mol. The fourth-order valence-corrected chi connectivity index (χ4v) is 10.9. The molecule has 5 fully saturated rings. The summed E-state index contributed by atoms with van der Waals surface area (Å²) in [7, 11) is 0. The van der Waals surface area contributed by atoms with E-state index in [-0.39, 0.29) is 97.7 Å². The average Bonchev–Trinajstić information content (AvgIpc) is 0.977. The first-order valence-electron chi connectivity index (χ1n) is 33.5. The molecule has 5 saturated heterocycles. The smallest absolute Gasteiger partial charge is 0.872 e. The Morgan fingerprint density at radius 3 is 1.04 bits per heavy atom. The van der Waals surface area contributed by atoms with Gasteiger partial charge in [-0.1, -0.05) is 186 Å². The number of ether oxygens (including phenoxy) is 8. The van der Waals surface area contributed by atoms with Gasteiger partial charge in [0.15, 0.2) is 0 Å². The van der Waals surface area contributed by atoms with Crippen LogP contribution in [0.5, 0.6) is 11.5 Å². The Morgan fingerprint density at radius 1 is 0.419 bits per heavy atom. The molecule has 0 aliphatic carbocycles. The van der Waals surface area contributed by atoms with Gasteiger partial charge in [-0.05, 0) is 123 Å². The molecule has 509 valence electrons. The standard InChI is InChI=1S/C41H52NO2.C18H36N2O6.C9H9N2.2C4H8O.K.V/c1-25-13-15-33(16-14-25)42-36-28(21-30-17-26(2)19-34(37(30)43)40(7,8)9)23-32(39(4,5)6)24-29(36)22-31-18-27(3)20-35(38(31)44)41(10,11)12;1-7-21-13-14-24-10-4-20-5-11-25-17-15-22-8-2-19(1)3-9-23-16-18-26-12-6-20;1-7-4-3-5-8(2)9(7)11-6-10;2*1-2-4-5-3-1;;/h13-20,23-24,43-44H,21-22H2,1-12H3;1-18H2;3-5H,1-2H3;2*1-4H2;;/q-1;;-1;;;+1;. The van der Waals surface area contributed by atoms with Crippen molar-refractivity contribution in [3.63, 3.8) is 0 Å². The first-order valence-corrected chi connectivity index (χ1v) is 33.5. The second-order valence-corrected chi connectivity index (χ2v) is 27.6. The maximum atomic E-state index is 13.9. The summed E-state index contributed by atoms with van der Waals surface area (Å²) in [6.07, 6.45) is 7.84. The Kier molecular flexibility index (Phi) is 40.1. The molecule has 0 amide bonds. The normalized spacial score (nSPS) is 18.0. The van der Waals surface area contributed by atoms with Crippen molar-refractivity contribution in [3.05, 3.63) is 156 Å². The van der Waals surface area contributed by atoms with Gasteiger partial charge in [-0.2, -0.15) is 0 Å². The largest absolute Gasteiger partial charge is 1.00 e. The summed E-state index contributed by atoms with van der Waals surface area (Å²) in [6, 6.07) is 26.6. The molecule has 2 bridgehead atoms. The van der Waals surface area contributed by atoms with E-state index in [0.29, 0.717) is 52.5 Å². The van der Waals surface area contributed by atoms with Gasteiger partial charge in [0.2, 0.25) is 0 Å². The van der Waals surface area contributed by atoms with E-state index in [2.05, 4.69) is 113 Å². The molecule has 10 rings (SSSR count). The predicted octanol–water partition coefficient (Wildman–Crippen LogP) is 8.44. The quantitative estimate of drug-likeness (QED) is 0.118. The van der Waals surface area contributed by atoms with Crippen molar-refractivity contribution in [1.82, 2.24) is 0 Å². The Balaban J connectivity index is 0.000000382. The monoisotopic (exact) mass is 1350 g/mol. The number of nitriles is 1. The summed E-state index contributed by atoms with van der Waals surface area (Å²) >= 11 is 0. The van der Waals surface area contributed by atoms with Crippen LogP contribution in [-0.4, -0.2) is 145 Å². The molecule has 5 aliphatic rings. The molecule has 15 nitrogen and oxygen atoms in total. The molecule has 5 heterocycles. The van der Waals surface area contributed by atoms with Crippen molar-refractivity contribution < 1.29 is 128 Å². The first-order chi connectivity index (χ1) is 43.4. The third-order valence-electron chi connectivity index (χ3n) is 16.4. The van der Waals surface area contributed by atoms with E-state index in [9.17, 15) is 10.2 Å². The minimum absolute atomic E-state index is 0. The van der Waals surface area contributed by atoms with E-state index in [1.165, 1.54) is 41.0 Å². The van der Waals surface area contributed by atoms with Gasteiger partial charge in [-0.15, -0.1) is 22.9 Å². The van der Waals surface area contributed by atoms with Crippen LogP contribution in [0.2, 0.25) is 0 Å². The molecule has 93 heavy (non-hydrogen) atoms. The third-order valence-corrected chi connectivity index (χ3v) is 16.4. The maximum absolute atomic E-state index is 13.9. The van der Waals surface area contributed by atoms with Gasteiger partial charge in [0.1, 0.15) is 39.3 Å². The van der Waals surface area contributed by atoms with Gasteiger partial charge >= 0.3 is 51.4 Å². The van der Waals surface area contributed by atoms with Gasteiger partial charge in [-0.3, -0.25) is 0 Å². The van der Waals surface area contributed by atoms with Crippen molar-refractivity contribution in [1.29, 1.82) is 5.26 Å². The van der Waals surface area contributed by atoms with Crippen LogP contribution in [0, 0.1) is 46.1 Å². The molecule has 0 atom stereocenters. The summed E-state index contributed by atoms with van der Waals surface area (Å²) in [5.74, 6) is 0.199. The summed E-state index contributed by atoms with van der Waals surface area (Å²) in [6.45, 7) is 47.4. The molecule has 2 N–H and O–H groups in total. The fraction of sp³-hybridized carbons (Fsp3) is 0.592. The molecule has 1 radical (unpaired) electrons. The van der Waals surface area contributed by atoms with Crippen LogP contribution < -0.4 is 71.4 Å². The van der Waals surface area contributed by atoms with E-state index >= 15 is 0 Å². The Hall–Kier alpha value is -3.39. The summed E-state index contributed by atoms with van der Waals surface area (Å²) in [5, 5.41) is 45.1. The Morgan fingerprint density at radius 2 is 0.753 bits per heavy atom. The molecule has 0 saturated carbocycles. The number of nitrogens with one attached hydrogen (secondary N) is 2. The maximum Gasteiger partial charge on any atom is 1.00 e. The van der Waals surface area contributed by atoms with Crippen molar-refractivity contribution in [2.45, 2.75) is 152 Å². The van der Waals surface area contributed by atoms with E-state index < -0.39 is 0 Å². The van der Waals surface area contributed by atoms with Crippen molar-refractivity contribution >= 4 is 17.1 Å². The zero-order valence-electron chi connectivity index (χ0n) is 59.7. The van der Waals surface area contributed by atoms with E-state index in [1.54, 1.807) is 6.19 Å². The second-order valence-electron chi connectivity index (χ2n) is 27.6. The number of aryl methyl sites for hydroxylation is 5. The van der Waals surface area contributed by atoms with E-state index in [1.807, 2.05) is 68.4 Å². The van der Waals surface area contributed by atoms with Crippen molar-refractivity contribution in [2.24, 2.45) is 0 Å². The molecule has 0 spiro atoms. The summed E-state index contributed by atoms with van der Waals surface area (Å²) in [4.78, 5) is 2.88. The number of hydrogen-bond acceptors (Lipinski definition) is 11. The van der Waals surface area contributed by atoms with Gasteiger partial charge in [-0.25, -0.2) is 0 Å². The zero-order chi connectivity index (χ0) is 66.2. The van der Waals surface area contributed by atoms with Crippen LogP contribution >= 0.6 is 0 Å². The summed E-state index contributed by atoms with van der Waals surface area (Å²) in [5.41, 5.74) is 13.7. The van der Waals surface area contributed by atoms with Gasteiger partial charge in [0.25, 0.3) is 0 Å². The minimum atomic E-state index is -0.258. The van der Waals surface area contributed by atoms with E-state index in [4.69, 9.17) is 48.5 Å². The van der Waals surface area contributed by atoms with Crippen molar-refractivity contribution in [3.8, 4) is 17.7 Å². The molecule has 17 heteroatoms. The fourth-order valence-electron chi connectivity index (χ4n) is 10.9. The molecule has 0 unspecified atom stereocenters. The molecular weight excluding hydrogens is 1230 g/mol. The SMILES string of the molecule is C1CCOC1.C1CCOC1.C1COCC[NH+]2CCOCCOCC[NH+](CCO1)CCOCCOCC2.Cc1ccc([N-]c2c(Cc3cc(C)cc(C(C)(C)C)c3[O-])cc(C(C)(C)C)cc2Cc2cc(C)cc(C(C)(C)C)c2[O-])cc1.Cc1cccc(C)c1[N-]C#N.[K+].[V]. The third kappa shape index (κ3) is 31.8. The van der Waals surface area contributed by atoms with Gasteiger partial charge in [0, 0.05) is 45.0 Å². The van der Waals surface area contributed by atoms with Gasteiger partial charge < -0.3 is 73.8 Å². The number of fused-ring (bicyclic) bond motifs is 21. The van der Waals surface area contributed by atoms with Crippen LogP contribution in [-0.2, 0) is 85.5 Å². The minimum Gasteiger partial charge on any atom is -0.872 e. The topological polar surface area (TPSA) is 181 Å². The number of rotatable bonds is 7. The Bertz CT molecular complexity index is 2730. The Labute approximate surface area is 615 Å². The number of para-hydroxylation sites is 1. The molecule has 5 aliphatic heterocycles. The molecule has 0 aromatic heterocycles. The molecule has 5 aromatic rings. The average molecular weight is 1350 g/mol. The van der Waals surface area contributed by atoms with Crippen LogP contribution in [0.25, 0.3) is 10.6 Å². The van der Waals surface area contributed by atoms with Crippen LogP contribution in [0.1, 0.15) is 155 Å².